The molecule has 0 saturated heterocycles. The Hall–Kier alpha value is -1.74. The molecule has 0 fully saturated rings. The molecule has 0 saturated carbocycles. The monoisotopic (exact) mass is 512 g/mol. The summed E-state index contributed by atoms with van der Waals surface area (Å²) in [6, 6.07) is 16.2. The maximum Gasteiger partial charge on any atom is 0.251 e. The van der Waals surface area contributed by atoms with Gasteiger partial charge in [0, 0.05) is 44.2 Å². The third-order valence-electron chi connectivity index (χ3n) is 4.16. The van der Waals surface area contributed by atoms with Gasteiger partial charge in [0.15, 0.2) is 5.96 Å². The van der Waals surface area contributed by atoms with Crippen molar-refractivity contribution in [1.82, 2.24) is 15.5 Å². The fourth-order valence-electron chi connectivity index (χ4n) is 2.68. The predicted molar refractivity (Wildman–Crippen MR) is 130 cm³/mol. The number of aliphatic imine (C=N–C) groups is 1. The summed E-state index contributed by atoms with van der Waals surface area (Å²) in [4.78, 5) is 19.5. The van der Waals surface area contributed by atoms with E-state index in [0.29, 0.717) is 18.7 Å². The van der Waals surface area contributed by atoms with Gasteiger partial charge in [0.2, 0.25) is 0 Å². The zero-order valence-corrected chi connectivity index (χ0v) is 20.0. The zero-order chi connectivity index (χ0) is 19.6. The predicted octanol–water partition coefficient (Wildman–Crippen LogP) is 3.98. The van der Waals surface area contributed by atoms with Crippen molar-refractivity contribution in [3.63, 3.8) is 0 Å². The van der Waals surface area contributed by atoms with E-state index >= 15 is 0 Å². The zero-order valence-electron chi connectivity index (χ0n) is 16.9. The van der Waals surface area contributed by atoms with Crippen molar-refractivity contribution in [2.24, 2.45) is 4.99 Å². The highest BCUT2D eigenvalue weighted by molar-refractivity contribution is 14.0. The lowest BCUT2D eigenvalue weighted by atomic mass is 10.1. The van der Waals surface area contributed by atoms with Crippen LogP contribution in [0.25, 0.3) is 0 Å². The van der Waals surface area contributed by atoms with Gasteiger partial charge < -0.3 is 15.5 Å². The largest absolute Gasteiger partial charge is 0.352 e. The van der Waals surface area contributed by atoms with Gasteiger partial charge in [-0.2, -0.15) is 0 Å². The van der Waals surface area contributed by atoms with E-state index in [1.54, 1.807) is 18.8 Å². The third-order valence-corrected chi connectivity index (χ3v) is 4.90. The van der Waals surface area contributed by atoms with E-state index in [9.17, 15) is 4.79 Å². The van der Waals surface area contributed by atoms with E-state index < -0.39 is 0 Å². The summed E-state index contributed by atoms with van der Waals surface area (Å²) in [5.41, 5.74) is 3.02. The van der Waals surface area contributed by atoms with Gasteiger partial charge in [0.05, 0.1) is 0 Å². The number of hydrogen-bond donors (Lipinski definition) is 2. The number of thioether (sulfide) groups is 1. The van der Waals surface area contributed by atoms with Crippen molar-refractivity contribution in [3.8, 4) is 0 Å². The smallest absolute Gasteiger partial charge is 0.251 e. The SMILES string of the molecule is CCNC(=O)c1ccc(CNC(=NC)N(C)Cc2ccc(SC)cc2)cc1.I. The number of nitrogens with zero attached hydrogens (tertiary/aromatic N) is 2. The van der Waals surface area contributed by atoms with Crippen LogP contribution in [-0.2, 0) is 13.1 Å². The van der Waals surface area contributed by atoms with Crippen molar-refractivity contribution < 1.29 is 4.79 Å². The van der Waals surface area contributed by atoms with E-state index in [1.165, 1.54) is 10.5 Å². The summed E-state index contributed by atoms with van der Waals surface area (Å²) in [5, 5.41) is 6.18. The third kappa shape index (κ3) is 7.35. The Labute approximate surface area is 189 Å². The number of hydrogen-bond acceptors (Lipinski definition) is 3. The van der Waals surface area contributed by atoms with Crippen LogP contribution in [0.15, 0.2) is 58.4 Å². The number of benzene rings is 2. The molecule has 0 aliphatic rings. The molecule has 2 aromatic carbocycles. The van der Waals surface area contributed by atoms with Crippen molar-refractivity contribution in [3.05, 3.63) is 65.2 Å². The standard InChI is InChI=1S/C21H28N4OS.HI/c1-5-23-20(26)18-10-6-16(7-11-18)14-24-21(22-2)25(3)15-17-8-12-19(27-4)13-9-17;/h6-13H,5,14-15H2,1-4H3,(H,22,24)(H,23,26);1H. The summed E-state index contributed by atoms with van der Waals surface area (Å²) in [7, 11) is 3.81. The van der Waals surface area contributed by atoms with Gasteiger partial charge in [-0.25, -0.2) is 0 Å². The van der Waals surface area contributed by atoms with Gasteiger partial charge in [-0.15, -0.1) is 35.7 Å². The Morgan fingerprint density at radius 2 is 1.64 bits per heavy atom. The van der Waals surface area contributed by atoms with Crippen LogP contribution in [0.2, 0.25) is 0 Å². The first-order chi connectivity index (χ1) is 13.1. The molecule has 7 heteroatoms. The summed E-state index contributed by atoms with van der Waals surface area (Å²) in [5.74, 6) is 0.789. The van der Waals surface area contributed by atoms with Gasteiger partial charge in [-0.05, 0) is 48.6 Å². The molecular weight excluding hydrogens is 483 g/mol. The Morgan fingerprint density at radius 3 is 2.18 bits per heavy atom. The number of guanidine groups is 1. The molecule has 0 radical (unpaired) electrons. The summed E-state index contributed by atoms with van der Waals surface area (Å²) in [6.07, 6.45) is 2.08. The molecule has 2 rings (SSSR count). The van der Waals surface area contributed by atoms with E-state index in [0.717, 1.165) is 18.1 Å². The first kappa shape index (κ1) is 24.3. The number of halogens is 1. The van der Waals surface area contributed by atoms with Crippen LogP contribution in [-0.4, -0.2) is 43.7 Å². The second kappa shape index (κ2) is 12.7. The summed E-state index contributed by atoms with van der Waals surface area (Å²) < 4.78 is 0. The Kier molecular flexibility index (Phi) is 11.0. The second-order valence-electron chi connectivity index (χ2n) is 6.16. The first-order valence-corrected chi connectivity index (χ1v) is 10.2. The van der Waals surface area contributed by atoms with Gasteiger partial charge in [-0.3, -0.25) is 9.79 Å². The molecule has 28 heavy (non-hydrogen) atoms. The first-order valence-electron chi connectivity index (χ1n) is 8.99. The quantitative estimate of drug-likeness (QED) is 0.255. The fourth-order valence-corrected chi connectivity index (χ4v) is 3.09. The minimum absolute atomic E-state index is 0. The van der Waals surface area contributed by atoms with Crippen LogP contribution in [0.3, 0.4) is 0 Å². The van der Waals surface area contributed by atoms with Crippen LogP contribution in [0.5, 0.6) is 0 Å². The summed E-state index contributed by atoms with van der Waals surface area (Å²) in [6.45, 7) is 3.97. The minimum atomic E-state index is -0.0416. The topological polar surface area (TPSA) is 56.7 Å². The molecule has 0 aliphatic carbocycles. The average Bonchev–Trinajstić information content (AvgIpc) is 2.69. The molecule has 2 aromatic rings. The number of nitrogens with one attached hydrogen (secondary N) is 2. The molecule has 0 unspecified atom stereocenters. The highest BCUT2D eigenvalue weighted by Crippen LogP contribution is 2.15. The van der Waals surface area contributed by atoms with Crippen molar-refractivity contribution in [2.45, 2.75) is 24.9 Å². The maximum absolute atomic E-state index is 11.8. The molecule has 2 N–H and O–H groups in total. The lowest BCUT2D eigenvalue weighted by Crippen LogP contribution is -2.38. The molecule has 0 spiro atoms. The van der Waals surface area contributed by atoms with Gasteiger partial charge in [-0.1, -0.05) is 24.3 Å². The molecule has 0 aliphatic heterocycles. The molecule has 0 heterocycles. The Morgan fingerprint density at radius 1 is 1.04 bits per heavy atom. The van der Waals surface area contributed by atoms with E-state index in [2.05, 4.69) is 51.0 Å². The summed E-state index contributed by atoms with van der Waals surface area (Å²) >= 11 is 1.74. The highest BCUT2D eigenvalue weighted by atomic mass is 127. The van der Waals surface area contributed by atoms with Gasteiger partial charge in [0.1, 0.15) is 0 Å². The van der Waals surface area contributed by atoms with Crippen LogP contribution in [0, 0.1) is 0 Å². The Balaban J connectivity index is 0.00000392. The molecular formula is C21H29IN4OS. The maximum atomic E-state index is 11.8. The van der Waals surface area contributed by atoms with E-state index in [-0.39, 0.29) is 29.9 Å². The van der Waals surface area contributed by atoms with Gasteiger partial charge >= 0.3 is 0 Å². The highest BCUT2D eigenvalue weighted by Gasteiger charge is 2.08. The van der Waals surface area contributed by atoms with Gasteiger partial charge in [0.25, 0.3) is 5.91 Å². The number of carbonyl (C=O) groups excluding carboxylic acids is 1. The van der Waals surface area contributed by atoms with Crippen LogP contribution in [0.4, 0.5) is 0 Å². The lowest BCUT2D eigenvalue weighted by molar-refractivity contribution is 0.0956. The molecule has 0 bridgehead atoms. The fraction of sp³-hybridized carbons (Fsp3) is 0.333. The van der Waals surface area contributed by atoms with E-state index in [4.69, 9.17) is 0 Å². The number of carbonyl (C=O) groups is 1. The average molecular weight is 512 g/mol. The van der Waals surface area contributed by atoms with Crippen LogP contribution in [0.1, 0.15) is 28.4 Å². The molecule has 0 atom stereocenters. The lowest BCUT2D eigenvalue weighted by Gasteiger charge is -2.22. The van der Waals surface area contributed by atoms with Crippen molar-refractivity contribution >= 4 is 47.6 Å². The normalized spacial score (nSPS) is 10.8. The number of amides is 1. The number of rotatable bonds is 7. The Bertz CT molecular complexity index is 763. The van der Waals surface area contributed by atoms with E-state index in [1.807, 2.05) is 38.2 Å². The molecule has 5 nitrogen and oxygen atoms in total. The van der Waals surface area contributed by atoms with Crippen molar-refractivity contribution in [2.75, 3.05) is 26.9 Å². The van der Waals surface area contributed by atoms with Crippen molar-refractivity contribution in [1.29, 1.82) is 0 Å². The van der Waals surface area contributed by atoms with Crippen LogP contribution >= 0.6 is 35.7 Å². The molecule has 0 aromatic heterocycles. The molecule has 1 amide bonds. The minimum Gasteiger partial charge on any atom is -0.352 e. The molecule has 152 valence electrons. The van der Waals surface area contributed by atoms with Crippen LogP contribution < -0.4 is 10.6 Å². The second-order valence-corrected chi connectivity index (χ2v) is 7.04.